The SMILES string of the molecule is CC(OC(=O)c1ccc(F)cc1Br)C(=O)NCCc1ccc(S(N)(=O)=O)cc1. The fraction of sp³-hybridized carbons (Fsp3) is 0.222. The Morgan fingerprint density at radius 2 is 1.86 bits per heavy atom. The van der Waals surface area contributed by atoms with Crippen molar-refractivity contribution in [3.8, 4) is 0 Å². The first-order chi connectivity index (χ1) is 13.1. The summed E-state index contributed by atoms with van der Waals surface area (Å²) in [5.74, 6) is -1.76. The van der Waals surface area contributed by atoms with E-state index in [0.717, 1.165) is 17.7 Å². The van der Waals surface area contributed by atoms with Crippen molar-refractivity contribution in [1.29, 1.82) is 0 Å². The molecule has 2 aromatic carbocycles. The van der Waals surface area contributed by atoms with Crippen LogP contribution in [0.4, 0.5) is 4.39 Å². The van der Waals surface area contributed by atoms with Crippen molar-refractivity contribution in [3.05, 3.63) is 63.9 Å². The van der Waals surface area contributed by atoms with Gasteiger partial charge in [0.2, 0.25) is 10.0 Å². The number of esters is 1. The fourth-order valence-electron chi connectivity index (χ4n) is 2.25. The standard InChI is InChI=1S/C18H18BrFN2O5S/c1-11(27-18(24)15-7-4-13(20)10-16(15)19)17(23)22-9-8-12-2-5-14(6-3-12)28(21,25)26/h2-7,10-11H,8-9H2,1H3,(H,22,23)(H2,21,25,26). The molecule has 150 valence electrons. The van der Waals surface area contributed by atoms with E-state index in [1.54, 1.807) is 12.1 Å². The number of nitrogens with one attached hydrogen (secondary N) is 1. The molecule has 0 spiro atoms. The Morgan fingerprint density at radius 3 is 2.43 bits per heavy atom. The van der Waals surface area contributed by atoms with Crippen LogP contribution >= 0.6 is 15.9 Å². The number of nitrogens with two attached hydrogens (primary N) is 1. The summed E-state index contributed by atoms with van der Waals surface area (Å²) in [6.07, 6.45) is -0.602. The summed E-state index contributed by atoms with van der Waals surface area (Å²) in [5, 5.41) is 7.66. The van der Waals surface area contributed by atoms with Crippen LogP contribution in [0.2, 0.25) is 0 Å². The Balaban J connectivity index is 1.84. The lowest BCUT2D eigenvalue weighted by Crippen LogP contribution is -2.37. The number of hydrogen-bond acceptors (Lipinski definition) is 5. The van der Waals surface area contributed by atoms with Gasteiger partial charge < -0.3 is 10.1 Å². The maximum Gasteiger partial charge on any atom is 0.340 e. The molecule has 28 heavy (non-hydrogen) atoms. The molecule has 0 aliphatic carbocycles. The Labute approximate surface area is 170 Å². The van der Waals surface area contributed by atoms with Crippen molar-refractivity contribution in [2.24, 2.45) is 5.14 Å². The van der Waals surface area contributed by atoms with Gasteiger partial charge >= 0.3 is 5.97 Å². The average Bonchev–Trinajstić information content (AvgIpc) is 2.61. The van der Waals surface area contributed by atoms with Gasteiger partial charge in [0.05, 0.1) is 10.5 Å². The van der Waals surface area contributed by atoms with E-state index in [-0.39, 0.29) is 21.5 Å². The monoisotopic (exact) mass is 472 g/mol. The molecule has 1 unspecified atom stereocenters. The molecular formula is C18H18BrFN2O5S. The number of halogens is 2. The Bertz CT molecular complexity index is 980. The molecule has 0 saturated heterocycles. The van der Waals surface area contributed by atoms with Crippen LogP contribution in [-0.2, 0) is 26.0 Å². The molecule has 1 atom stereocenters. The van der Waals surface area contributed by atoms with Gasteiger partial charge in [-0.15, -0.1) is 0 Å². The molecule has 0 aliphatic heterocycles. The Morgan fingerprint density at radius 1 is 1.21 bits per heavy atom. The van der Waals surface area contributed by atoms with Crippen molar-refractivity contribution in [1.82, 2.24) is 5.32 Å². The second kappa shape index (κ2) is 9.26. The molecule has 0 radical (unpaired) electrons. The number of hydrogen-bond donors (Lipinski definition) is 2. The minimum absolute atomic E-state index is 0.00720. The number of amides is 1. The first kappa shape index (κ1) is 22.0. The highest BCUT2D eigenvalue weighted by Crippen LogP contribution is 2.19. The van der Waals surface area contributed by atoms with E-state index in [2.05, 4.69) is 21.2 Å². The third-order valence-electron chi connectivity index (χ3n) is 3.77. The molecule has 2 rings (SSSR count). The largest absolute Gasteiger partial charge is 0.449 e. The molecule has 0 fully saturated rings. The normalized spacial score (nSPS) is 12.3. The smallest absolute Gasteiger partial charge is 0.340 e. The minimum Gasteiger partial charge on any atom is -0.449 e. The Kier molecular flexibility index (Phi) is 7.28. The van der Waals surface area contributed by atoms with E-state index in [0.29, 0.717) is 6.42 Å². The van der Waals surface area contributed by atoms with Gasteiger partial charge in [-0.1, -0.05) is 12.1 Å². The molecule has 0 heterocycles. The van der Waals surface area contributed by atoms with Crippen molar-refractivity contribution in [2.45, 2.75) is 24.3 Å². The molecule has 3 N–H and O–H groups in total. The maximum absolute atomic E-state index is 13.1. The topological polar surface area (TPSA) is 116 Å². The van der Waals surface area contributed by atoms with Gasteiger partial charge in [0.1, 0.15) is 5.82 Å². The highest BCUT2D eigenvalue weighted by atomic mass is 79.9. The number of carbonyl (C=O) groups is 2. The Hall–Kier alpha value is -2.30. The molecule has 10 heteroatoms. The summed E-state index contributed by atoms with van der Waals surface area (Å²) < 4.78 is 40.8. The van der Waals surface area contributed by atoms with E-state index in [9.17, 15) is 22.4 Å². The van der Waals surface area contributed by atoms with Gasteiger partial charge in [0.25, 0.3) is 5.91 Å². The molecule has 0 aromatic heterocycles. The van der Waals surface area contributed by atoms with Gasteiger partial charge in [-0.2, -0.15) is 0 Å². The van der Waals surface area contributed by atoms with Gasteiger partial charge in [-0.05, 0) is 65.2 Å². The number of benzene rings is 2. The number of rotatable bonds is 7. The predicted octanol–water partition coefficient (Wildman–Crippen LogP) is 2.14. The molecule has 0 aliphatic rings. The zero-order chi connectivity index (χ0) is 20.9. The maximum atomic E-state index is 13.1. The second-order valence-corrected chi connectivity index (χ2v) is 8.32. The fourth-order valence-corrected chi connectivity index (χ4v) is 3.28. The average molecular weight is 473 g/mol. The quantitative estimate of drug-likeness (QED) is 0.598. The molecule has 7 nitrogen and oxygen atoms in total. The lowest BCUT2D eigenvalue weighted by Gasteiger charge is -2.14. The lowest BCUT2D eigenvalue weighted by molar-refractivity contribution is -0.129. The molecule has 2 aromatic rings. The van der Waals surface area contributed by atoms with Crippen LogP contribution in [0, 0.1) is 5.82 Å². The summed E-state index contributed by atoms with van der Waals surface area (Å²) in [6.45, 7) is 1.68. The summed E-state index contributed by atoms with van der Waals surface area (Å²) in [6, 6.07) is 9.48. The highest BCUT2D eigenvalue weighted by molar-refractivity contribution is 9.10. The highest BCUT2D eigenvalue weighted by Gasteiger charge is 2.20. The van der Waals surface area contributed by atoms with Crippen molar-refractivity contribution in [2.75, 3.05) is 6.54 Å². The van der Waals surface area contributed by atoms with E-state index in [4.69, 9.17) is 9.88 Å². The van der Waals surface area contributed by atoms with E-state index >= 15 is 0 Å². The number of primary sulfonamides is 1. The lowest BCUT2D eigenvalue weighted by atomic mass is 10.1. The van der Waals surface area contributed by atoms with Crippen molar-refractivity contribution >= 4 is 37.8 Å². The summed E-state index contributed by atoms with van der Waals surface area (Å²) in [4.78, 5) is 24.2. The number of ether oxygens (including phenoxy) is 1. The van der Waals surface area contributed by atoms with Crippen LogP contribution in [-0.4, -0.2) is 32.9 Å². The van der Waals surface area contributed by atoms with Crippen molar-refractivity contribution < 1.29 is 27.1 Å². The van der Waals surface area contributed by atoms with Crippen molar-refractivity contribution in [3.63, 3.8) is 0 Å². The second-order valence-electron chi connectivity index (χ2n) is 5.90. The van der Waals surface area contributed by atoms with Gasteiger partial charge in [-0.25, -0.2) is 22.7 Å². The zero-order valence-electron chi connectivity index (χ0n) is 14.8. The zero-order valence-corrected chi connectivity index (χ0v) is 17.2. The van der Waals surface area contributed by atoms with Gasteiger partial charge in [0, 0.05) is 11.0 Å². The first-order valence-electron chi connectivity index (χ1n) is 8.13. The molecular weight excluding hydrogens is 455 g/mol. The third kappa shape index (κ3) is 6.11. The number of sulfonamides is 1. The van der Waals surface area contributed by atoms with Crippen LogP contribution in [0.15, 0.2) is 51.8 Å². The van der Waals surface area contributed by atoms with E-state index < -0.39 is 33.8 Å². The van der Waals surface area contributed by atoms with Crippen LogP contribution < -0.4 is 10.5 Å². The van der Waals surface area contributed by atoms with E-state index in [1.807, 2.05) is 0 Å². The van der Waals surface area contributed by atoms with Crippen LogP contribution in [0.1, 0.15) is 22.8 Å². The molecule has 0 saturated carbocycles. The number of carbonyl (C=O) groups excluding carboxylic acids is 2. The predicted molar refractivity (Wildman–Crippen MR) is 104 cm³/mol. The van der Waals surface area contributed by atoms with Gasteiger partial charge in [0.15, 0.2) is 6.10 Å². The van der Waals surface area contributed by atoms with E-state index in [1.165, 1.54) is 25.1 Å². The molecule has 0 bridgehead atoms. The summed E-state index contributed by atoms with van der Waals surface area (Å²) in [7, 11) is -3.75. The summed E-state index contributed by atoms with van der Waals surface area (Å²) in [5.41, 5.74) is 0.906. The van der Waals surface area contributed by atoms with Crippen LogP contribution in [0.3, 0.4) is 0 Å². The summed E-state index contributed by atoms with van der Waals surface area (Å²) >= 11 is 3.07. The minimum atomic E-state index is -3.75. The van der Waals surface area contributed by atoms with Crippen LogP contribution in [0.25, 0.3) is 0 Å². The molecule has 1 amide bonds. The van der Waals surface area contributed by atoms with Crippen LogP contribution in [0.5, 0.6) is 0 Å². The third-order valence-corrected chi connectivity index (χ3v) is 5.35. The van der Waals surface area contributed by atoms with Gasteiger partial charge in [-0.3, -0.25) is 4.79 Å². The first-order valence-corrected chi connectivity index (χ1v) is 10.5.